The molecule has 26 heavy (non-hydrogen) atoms. The first-order valence-electron chi connectivity index (χ1n) is 8.82. The second-order valence-corrected chi connectivity index (χ2v) is 7.28. The van der Waals surface area contributed by atoms with Gasteiger partial charge < -0.3 is 24.1 Å². The van der Waals surface area contributed by atoms with Crippen molar-refractivity contribution in [2.24, 2.45) is 0 Å². The van der Waals surface area contributed by atoms with Crippen LogP contribution >= 0.6 is 0 Å². The third-order valence-corrected chi connectivity index (χ3v) is 6.12. The fraction of sp³-hybridized carbons (Fsp3) is 0.526. The first-order chi connectivity index (χ1) is 12.5. The Morgan fingerprint density at radius 1 is 1.35 bits per heavy atom. The number of carbonyl (C=O) groups is 1. The average Bonchev–Trinajstić information content (AvgIpc) is 3.19. The number of aliphatic hydroxyl groups is 1. The minimum absolute atomic E-state index is 0.0235. The maximum atomic E-state index is 11.8. The summed E-state index contributed by atoms with van der Waals surface area (Å²) in [6.07, 6.45) is 3.64. The Morgan fingerprint density at radius 2 is 2.12 bits per heavy atom. The molecule has 1 fully saturated rings. The third kappa shape index (κ3) is 1.96. The molecule has 0 radical (unpaired) electrons. The van der Waals surface area contributed by atoms with Crippen LogP contribution in [0, 0.1) is 0 Å². The number of rotatable bonds is 2. The lowest BCUT2D eigenvalue weighted by Gasteiger charge is -2.48. The summed E-state index contributed by atoms with van der Waals surface area (Å²) in [6, 6.07) is 3.76. The van der Waals surface area contributed by atoms with Crippen molar-refractivity contribution in [2.45, 2.75) is 43.2 Å². The van der Waals surface area contributed by atoms with Crippen molar-refractivity contribution in [2.75, 3.05) is 20.4 Å². The Hall–Kier alpha value is -2.09. The number of ether oxygens (including phenoxy) is 4. The van der Waals surface area contributed by atoms with Crippen molar-refractivity contribution in [3.8, 4) is 11.5 Å². The molecule has 6 unspecified atom stereocenters. The molecular formula is C19H21NO6. The van der Waals surface area contributed by atoms with Gasteiger partial charge in [-0.3, -0.25) is 9.69 Å². The van der Waals surface area contributed by atoms with Gasteiger partial charge in [0.2, 0.25) is 6.79 Å². The van der Waals surface area contributed by atoms with Gasteiger partial charge in [-0.25, -0.2) is 0 Å². The molecule has 2 bridgehead atoms. The van der Waals surface area contributed by atoms with E-state index in [1.807, 2.05) is 23.1 Å². The highest BCUT2D eigenvalue weighted by Crippen LogP contribution is 2.57. The molecule has 5 rings (SSSR count). The molecule has 7 nitrogen and oxygen atoms in total. The van der Waals surface area contributed by atoms with Crippen LogP contribution in [0.3, 0.4) is 0 Å². The second-order valence-electron chi connectivity index (χ2n) is 7.28. The number of fused-ring (bicyclic) bond motifs is 2. The van der Waals surface area contributed by atoms with Gasteiger partial charge in [0.25, 0.3) is 0 Å². The van der Waals surface area contributed by atoms with Crippen LogP contribution in [0.4, 0.5) is 0 Å². The maximum absolute atomic E-state index is 11.8. The van der Waals surface area contributed by atoms with Crippen LogP contribution < -0.4 is 9.47 Å². The monoisotopic (exact) mass is 359 g/mol. The first-order valence-corrected chi connectivity index (χ1v) is 8.82. The molecule has 0 aromatic heterocycles. The standard InChI is InChI=1S/C19H21NO6/c1-10(21)26-17-8-20-16-5-11(23-2)3-4-19(16,17)13-7-15-14(24-9-25-15)6-12(13)18(20)22/h3-4,6-7,11,16-18,22H,5,8-9H2,1-2H3. The van der Waals surface area contributed by atoms with E-state index in [1.165, 1.54) is 6.92 Å². The smallest absolute Gasteiger partial charge is 0.302 e. The molecule has 3 heterocycles. The fourth-order valence-corrected chi connectivity index (χ4v) is 5.02. The summed E-state index contributed by atoms with van der Waals surface area (Å²) < 4.78 is 22.3. The largest absolute Gasteiger partial charge is 0.460 e. The van der Waals surface area contributed by atoms with Crippen LogP contribution in [-0.2, 0) is 19.7 Å². The highest BCUT2D eigenvalue weighted by molar-refractivity contribution is 5.67. The van der Waals surface area contributed by atoms with Crippen LogP contribution in [0.25, 0.3) is 0 Å². The van der Waals surface area contributed by atoms with E-state index in [0.717, 1.165) is 17.5 Å². The van der Waals surface area contributed by atoms with Gasteiger partial charge in [0.1, 0.15) is 12.3 Å². The van der Waals surface area contributed by atoms with Crippen LogP contribution in [0.5, 0.6) is 11.5 Å². The van der Waals surface area contributed by atoms with Gasteiger partial charge in [0.15, 0.2) is 11.5 Å². The Morgan fingerprint density at radius 3 is 2.85 bits per heavy atom. The average molecular weight is 359 g/mol. The number of methoxy groups -OCH3 is 1. The molecule has 1 N–H and O–H groups in total. The van der Waals surface area contributed by atoms with E-state index < -0.39 is 11.6 Å². The minimum Gasteiger partial charge on any atom is -0.460 e. The lowest BCUT2D eigenvalue weighted by atomic mass is 9.65. The van der Waals surface area contributed by atoms with Crippen molar-refractivity contribution in [3.05, 3.63) is 35.4 Å². The number of hydrogen-bond donors (Lipinski definition) is 1. The summed E-state index contributed by atoms with van der Waals surface area (Å²) in [5, 5.41) is 11.0. The summed E-state index contributed by atoms with van der Waals surface area (Å²) in [4.78, 5) is 13.8. The van der Waals surface area contributed by atoms with E-state index in [-0.39, 0.29) is 31.0 Å². The molecule has 7 heteroatoms. The van der Waals surface area contributed by atoms with Gasteiger partial charge in [-0.1, -0.05) is 12.2 Å². The van der Waals surface area contributed by atoms with Crippen molar-refractivity contribution < 1.29 is 28.8 Å². The zero-order valence-electron chi connectivity index (χ0n) is 14.7. The number of carbonyl (C=O) groups excluding carboxylic acids is 1. The number of aliphatic hydroxyl groups excluding tert-OH is 1. The first kappa shape index (κ1) is 16.1. The Labute approximate surface area is 151 Å². The normalized spacial score (nSPS) is 38.7. The SMILES string of the molecule is COC1C=CC23c4cc5c(cc4C(O)N(CC2OC(C)=O)C3C1)OCO5. The van der Waals surface area contributed by atoms with E-state index in [2.05, 4.69) is 6.08 Å². The molecule has 3 aliphatic heterocycles. The molecule has 0 saturated carbocycles. The molecule has 1 saturated heterocycles. The zero-order valence-corrected chi connectivity index (χ0v) is 14.7. The number of nitrogens with zero attached hydrogens (tertiary/aromatic N) is 1. The predicted octanol–water partition coefficient (Wildman–Crippen LogP) is 1.25. The highest BCUT2D eigenvalue weighted by Gasteiger charge is 2.62. The Bertz CT molecular complexity index is 807. The number of benzene rings is 1. The molecular weight excluding hydrogens is 338 g/mol. The molecule has 138 valence electrons. The van der Waals surface area contributed by atoms with Gasteiger partial charge in [-0.05, 0) is 24.1 Å². The minimum atomic E-state index is -0.790. The lowest BCUT2D eigenvalue weighted by Crippen LogP contribution is -2.54. The third-order valence-electron chi connectivity index (χ3n) is 6.12. The topological polar surface area (TPSA) is 77.5 Å². The summed E-state index contributed by atoms with van der Waals surface area (Å²) in [5.74, 6) is 0.973. The van der Waals surface area contributed by atoms with Gasteiger partial charge in [-0.15, -0.1) is 0 Å². The van der Waals surface area contributed by atoms with E-state index in [4.69, 9.17) is 18.9 Å². The van der Waals surface area contributed by atoms with Gasteiger partial charge in [0, 0.05) is 32.2 Å². The van der Waals surface area contributed by atoms with Crippen molar-refractivity contribution >= 4 is 5.97 Å². The Kier molecular flexibility index (Phi) is 3.38. The number of hydrogen-bond acceptors (Lipinski definition) is 7. The molecule has 1 aromatic carbocycles. The summed E-state index contributed by atoms with van der Waals surface area (Å²) in [7, 11) is 1.68. The molecule has 4 aliphatic rings. The van der Waals surface area contributed by atoms with Crippen LogP contribution in [0.2, 0.25) is 0 Å². The molecule has 0 amide bonds. The van der Waals surface area contributed by atoms with E-state index in [9.17, 15) is 9.90 Å². The van der Waals surface area contributed by atoms with Crippen molar-refractivity contribution in [3.63, 3.8) is 0 Å². The second kappa shape index (κ2) is 5.45. The van der Waals surface area contributed by atoms with Crippen molar-refractivity contribution in [1.29, 1.82) is 0 Å². The Balaban J connectivity index is 1.73. The fourth-order valence-electron chi connectivity index (χ4n) is 5.02. The maximum Gasteiger partial charge on any atom is 0.302 e. The van der Waals surface area contributed by atoms with Crippen LogP contribution in [0.15, 0.2) is 24.3 Å². The highest BCUT2D eigenvalue weighted by atomic mass is 16.7. The van der Waals surface area contributed by atoms with E-state index in [0.29, 0.717) is 18.0 Å². The van der Waals surface area contributed by atoms with Crippen LogP contribution in [0.1, 0.15) is 30.7 Å². The summed E-state index contributed by atoms with van der Waals surface area (Å²) in [6.45, 7) is 2.06. The molecule has 6 atom stereocenters. The quantitative estimate of drug-likeness (QED) is 0.629. The van der Waals surface area contributed by atoms with Gasteiger partial charge >= 0.3 is 5.97 Å². The zero-order chi connectivity index (χ0) is 18.1. The van der Waals surface area contributed by atoms with Gasteiger partial charge in [-0.2, -0.15) is 0 Å². The van der Waals surface area contributed by atoms with E-state index in [1.54, 1.807) is 7.11 Å². The summed E-state index contributed by atoms with van der Waals surface area (Å²) >= 11 is 0. The summed E-state index contributed by atoms with van der Waals surface area (Å²) in [5.41, 5.74) is 1.18. The number of esters is 1. The molecule has 0 spiro atoms. The lowest BCUT2D eigenvalue weighted by molar-refractivity contribution is -0.147. The van der Waals surface area contributed by atoms with E-state index >= 15 is 0 Å². The molecule has 1 aliphatic carbocycles. The van der Waals surface area contributed by atoms with Crippen molar-refractivity contribution in [1.82, 2.24) is 4.90 Å². The molecule has 1 aromatic rings. The predicted molar refractivity (Wildman–Crippen MR) is 89.8 cm³/mol. The van der Waals surface area contributed by atoms with Crippen LogP contribution in [-0.4, -0.2) is 54.7 Å². The van der Waals surface area contributed by atoms with Gasteiger partial charge in [0.05, 0.1) is 11.5 Å².